The second-order valence-electron chi connectivity index (χ2n) is 2.89. The monoisotopic (exact) mass is 205 g/mol. The quantitative estimate of drug-likeness (QED) is 0.776. The summed E-state index contributed by atoms with van der Waals surface area (Å²) >= 11 is 5.94. The number of rotatable bonds is 1. The molecule has 0 bridgehead atoms. The molecule has 1 aromatic carbocycles. The van der Waals surface area contributed by atoms with E-state index in [1.807, 2.05) is 30.3 Å². The van der Waals surface area contributed by atoms with Crippen molar-refractivity contribution in [2.24, 2.45) is 0 Å². The highest BCUT2D eigenvalue weighted by Gasteiger charge is 2.06. The number of halogens is 1. The molecule has 0 saturated heterocycles. The van der Waals surface area contributed by atoms with Gasteiger partial charge >= 0.3 is 0 Å². The fraction of sp³-hybridized carbons (Fsp3) is 0. The molecular weight excluding hydrogens is 198 g/mol. The van der Waals surface area contributed by atoms with Crippen LogP contribution in [-0.2, 0) is 0 Å². The van der Waals surface area contributed by atoms with E-state index in [0.717, 1.165) is 11.1 Å². The Labute approximate surface area is 86.8 Å². The third kappa shape index (κ3) is 1.56. The summed E-state index contributed by atoms with van der Waals surface area (Å²) in [6, 6.07) is 9.59. The first-order chi connectivity index (χ1) is 6.79. The molecule has 0 spiro atoms. The van der Waals surface area contributed by atoms with E-state index in [9.17, 15) is 5.11 Å². The molecule has 2 rings (SSSR count). The molecule has 1 heterocycles. The van der Waals surface area contributed by atoms with Crippen LogP contribution in [0.3, 0.4) is 0 Å². The Kier molecular flexibility index (Phi) is 2.37. The van der Waals surface area contributed by atoms with E-state index >= 15 is 0 Å². The minimum absolute atomic E-state index is 0.00743. The van der Waals surface area contributed by atoms with Crippen LogP contribution >= 0.6 is 11.6 Å². The first-order valence-corrected chi connectivity index (χ1v) is 4.54. The van der Waals surface area contributed by atoms with Crippen LogP contribution in [0.15, 0.2) is 42.7 Å². The summed E-state index contributed by atoms with van der Waals surface area (Å²) in [6.07, 6.45) is 2.96. The summed E-state index contributed by atoms with van der Waals surface area (Å²) in [5, 5.41) is 9.71. The standard InChI is InChI=1S/C11H8ClNO/c12-11-9(6-13-7-10(11)14)8-4-2-1-3-5-8/h1-7,14H. The summed E-state index contributed by atoms with van der Waals surface area (Å²) in [5.74, 6) is 0.00743. The number of hydrogen-bond donors (Lipinski definition) is 1. The maximum Gasteiger partial charge on any atom is 0.153 e. The summed E-state index contributed by atoms with van der Waals surface area (Å²) in [4.78, 5) is 3.89. The van der Waals surface area contributed by atoms with Crippen LogP contribution in [-0.4, -0.2) is 10.1 Å². The zero-order valence-electron chi connectivity index (χ0n) is 7.31. The predicted octanol–water partition coefficient (Wildman–Crippen LogP) is 3.11. The molecule has 2 nitrogen and oxygen atoms in total. The molecule has 0 fully saturated rings. The minimum Gasteiger partial charge on any atom is -0.505 e. The van der Waals surface area contributed by atoms with Gasteiger partial charge in [0.05, 0.1) is 11.2 Å². The molecule has 70 valence electrons. The lowest BCUT2D eigenvalue weighted by molar-refractivity contribution is 0.473. The van der Waals surface area contributed by atoms with Crippen molar-refractivity contribution in [1.29, 1.82) is 0 Å². The molecule has 0 saturated carbocycles. The highest BCUT2D eigenvalue weighted by molar-refractivity contribution is 6.34. The molecule has 0 radical (unpaired) electrons. The van der Waals surface area contributed by atoms with Gasteiger partial charge in [0.15, 0.2) is 5.75 Å². The second-order valence-corrected chi connectivity index (χ2v) is 3.26. The molecule has 0 atom stereocenters. The summed E-state index contributed by atoms with van der Waals surface area (Å²) in [5.41, 5.74) is 1.69. The molecule has 0 aliphatic rings. The molecule has 0 unspecified atom stereocenters. The Morgan fingerprint density at radius 2 is 1.79 bits per heavy atom. The first-order valence-electron chi connectivity index (χ1n) is 4.17. The van der Waals surface area contributed by atoms with E-state index in [2.05, 4.69) is 4.98 Å². The minimum atomic E-state index is 0.00743. The third-order valence-corrected chi connectivity index (χ3v) is 2.34. The highest BCUT2D eigenvalue weighted by Crippen LogP contribution is 2.32. The molecule has 3 heteroatoms. The molecule has 0 amide bonds. The number of aromatic nitrogens is 1. The van der Waals surface area contributed by atoms with Crippen molar-refractivity contribution in [3.8, 4) is 16.9 Å². The van der Waals surface area contributed by atoms with Crippen LogP contribution in [0.25, 0.3) is 11.1 Å². The zero-order chi connectivity index (χ0) is 9.97. The van der Waals surface area contributed by atoms with Gasteiger partial charge in [-0.2, -0.15) is 0 Å². The third-order valence-electron chi connectivity index (χ3n) is 1.95. The van der Waals surface area contributed by atoms with Crippen molar-refractivity contribution in [3.63, 3.8) is 0 Å². The van der Waals surface area contributed by atoms with Gasteiger partial charge in [-0.3, -0.25) is 4.98 Å². The fourth-order valence-electron chi connectivity index (χ4n) is 1.25. The summed E-state index contributed by atoms with van der Waals surface area (Å²) in [7, 11) is 0. The van der Waals surface area contributed by atoms with Crippen LogP contribution in [0.2, 0.25) is 5.02 Å². The Morgan fingerprint density at radius 3 is 2.50 bits per heavy atom. The van der Waals surface area contributed by atoms with Crippen molar-refractivity contribution in [2.45, 2.75) is 0 Å². The van der Waals surface area contributed by atoms with E-state index in [1.165, 1.54) is 6.20 Å². The van der Waals surface area contributed by atoms with Crippen molar-refractivity contribution in [2.75, 3.05) is 0 Å². The molecule has 0 aliphatic heterocycles. The maximum atomic E-state index is 9.37. The zero-order valence-corrected chi connectivity index (χ0v) is 8.07. The van der Waals surface area contributed by atoms with Crippen LogP contribution in [0.5, 0.6) is 5.75 Å². The highest BCUT2D eigenvalue weighted by atomic mass is 35.5. The second kappa shape index (κ2) is 3.68. The van der Waals surface area contributed by atoms with Gasteiger partial charge in [0.2, 0.25) is 0 Å². The van der Waals surface area contributed by atoms with Gasteiger partial charge in [-0.05, 0) is 5.56 Å². The van der Waals surface area contributed by atoms with Crippen molar-refractivity contribution in [1.82, 2.24) is 4.98 Å². The number of pyridine rings is 1. The lowest BCUT2D eigenvalue weighted by Crippen LogP contribution is -1.81. The van der Waals surface area contributed by atoms with Gasteiger partial charge in [-0.1, -0.05) is 41.9 Å². The van der Waals surface area contributed by atoms with Crippen LogP contribution < -0.4 is 0 Å². The number of benzene rings is 1. The SMILES string of the molecule is Oc1cncc(-c2ccccc2)c1Cl. The lowest BCUT2D eigenvalue weighted by Gasteiger charge is -2.04. The first kappa shape index (κ1) is 9.03. The van der Waals surface area contributed by atoms with E-state index in [-0.39, 0.29) is 5.75 Å². The maximum absolute atomic E-state index is 9.37. The van der Waals surface area contributed by atoms with Crippen molar-refractivity contribution >= 4 is 11.6 Å². The predicted molar refractivity (Wildman–Crippen MR) is 56.3 cm³/mol. The topological polar surface area (TPSA) is 33.1 Å². The smallest absolute Gasteiger partial charge is 0.153 e. The molecule has 0 aliphatic carbocycles. The van der Waals surface area contributed by atoms with E-state index < -0.39 is 0 Å². The van der Waals surface area contributed by atoms with Gasteiger partial charge in [0.25, 0.3) is 0 Å². The van der Waals surface area contributed by atoms with Gasteiger partial charge in [-0.15, -0.1) is 0 Å². The fourth-order valence-corrected chi connectivity index (χ4v) is 1.46. The average molecular weight is 206 g/mol. The summed E-state index contributed by atoms with van der Waals surface area (Å²) in [6.45, 7) is 0. The number of aromatic hydroxyl groups is 1. The van der Waals surface area contributed by atoms with Crippen LogP contribution in [0, 0.1) is 0 Å². The molecule has 14 heavy (non-hydrogen) atoms. The molecule has 1 aromatic heterocycles. The van der Waals surface area contributed by atoms with E-state index in [1.54, 1.807) is 6.20 Å². The Bertz CT molecular complexity index is 442. The van der Waals surface area contributed by atoms with Gasteiger partial charge in [-0.25, -0.2) is 0 Å². The summed E-state index contributed by atoms with van der Waals surface area (Å²) < 4.78 is 0. The Balaban J connectivity index is 2.58. The van der Waals surface area contributed by atoms with E-state index in [0.29, 0.717) is 5.02 Å². The number of hydrogen-bond acceptors (Lipinski definition) is 2. The van der Waals surface area contributed by atoms with Crippen LogP contribution in [0.1, 0.15) is 0 Å². The van der Waals surface area contributed by atoms with Gasteiger partial charge in [0.1, 0.15) is 0 Å². The van der Waals surface area contributed by atoms with E-state index in [4.69, 9.17) is 11.6 Å². The normalized spacial score (nSPS) is 10.1. The van der Waals surface area contributed by atoms with Gasteiger partial charge < -0.3 is 5.11 Å². The molecular formula is C11H8ClNO. The Hall–Kier alpha value is -1.54. The largest absolute Gasteiger partial charge is 0.505 e. The van der Waals surface area contributed by atoms with Crippen molar-refractivity contribution < 1.29 is 5.11 Å². The van der Waals surface area contributed by atoms with Gasteiger partial charge in [0, 0.05) is 11.8 Å². The van der Waals surface area contributed by atoms with Crippen LogP contribution in [0.4, 0.5) is 0 Å². The molecule has 1 N–H and O–H groups in total. The molecule has 2 aromatic rings. The van der Waals surface area contributed by atoms with Crippen molar-refractivity contribution in [3.05, 3.63) is 47.7 Å². The average Bonchev–Trinajstić information content (AvgIpc) is 2.23. The lowest BCUT2D eigenvalue weighted by atomic mass is 10.1. The number of nitrogens with zero attached hydrogens (tertiary/aromatic N) is 1. The Morgan fingerprint density at radius 1 is 1.07 bits per heavy atom.